The van der Waals surface area contributed by atoms with Crippen molar-refractivity contribution in [1.29, 1.82) is 0 Å². The van der Waals surface area contributed by atoms with E-state index in [1.165, 1.54) is 18.4 Å². The lowest BCUT2D eigenvalue weighted by atomic mass is 9.99. The van der Waals surface area contributed by atoms with E-state index in [2.05, 4.69) is 45.6 Å². The molecule has 0 aliphatic heterocycles. The maximum Gasteiger partial charge on any atom is 0.120 e. The first-order chi connectivity index (χ1) is 10.3. The molecular weight excluding hydrogens is 328 g/mol. The van der Waals surface area contributed by atoms with Gasteiger partial charge in [0.2, 0.25) is 0 Å². The lowest BCUT2D eigenvalue weighted by Gasteiger charge is -2.18. The average Bonchev–Trinajstić information content (AvgIpc) is 3.31. The number of hydrogen-bond acceptors (Lipinski definition) is 3. The number of nitrogens with two attached hydrogens (primary N) is 1. The van der Waals surface area contributed by atoms with E-state index in [0.29, 0.717) is 6.10 Å². The summed E-state index contributed by atoms with van der Waals surface area (Å²) in [6.07, 6.45) is 3.57. The molecule has 0 heterocycles. The van der Waals surface area contributed by atoms with E-state index in [4.69, 9.17) is 10.6 Å². The van der Waals surface area contributed by atoms with Crippen LogP contribution in [0.5, 0.6) is 5.75 Å². The van der Waals surface area contributed by atoms with Crippen LogP contribution in [0.2, 0.25) is 0 Å². The molecule has 1 unspecified atom stereocenters. The molecule has 1 aliphatic carbocycles. The van der Waals surface area contributed by atoms with Crippen LogP contribution in [0.3, 0.4) is 0 Å². The van der Waals surface area contributed by atoms with Gasteiger partial charge in [-0.25, -0.2) is 0 Å². The Morgan fingerprint density at radius 1 is 1.19 bits per heavy atom. The number of ether oxygens (including phenoxy) is 1. The summed E-state index contributed by atoms with van der Waals surface area (Å²) < 4.78 is 6.96. The largest absolute Gasteiger partial charge is 0.490 e. The fraction of sp³-hybridized carbons (Fsp3) is 0.294. The van der Waals surface area contributed by atoms with Gasteiger partial charge in [-0.3, -0.25) is 11.3 Å². The Labute approximate surface area is 133 Å². The number of rotatable bonds is 6. The molecule has 0 aromatic heterocycles. The molecule has 21 heavy (non-hydrogen) atoms. The highest BCUT2D eigenvalue weighted by atomic mass is 79.9. The van der Waals surface area contributed by atoms with Crippen molar-refractivity contribution in [3.05, 3.63) is 64.1 Å². The normalized spacial score (nSPS) is 15.7. The molecule has 1 aliphatic rings. The molecule has 0 bridgehead atoms. The Morgan fingerprint density at radius 2 is 2.00 bits per heavy atom. The molecule has 0 amide bonds. The van der Waals surface area contributed by atoms with Crippen LogP contribution >= 0.6 is 15.9 Å². The molecule has 2 aromatic carbocycles. The predicted octanol–water partition coefficient (Wildman–Crippen LogP) is 3.74. The molecule has 4 heteroatoms. The molecule has 1 fully saturated rings. The van der Waals surface area contributed by atoms with E-state index in [1.807, 2.05) is 24.3 Å². The minimum absolute atomic E-state index is 0.0615. The second-order valence-electron chi connectivity index (χ2n) is 5.40. The summed E-state index contributed by atoms with van der Waals surface area (Å²) in [4.78, 5) is 0. The molecular formula is C17H19BrN2O. The van der Waals surface area contributed by atoms with Crippen LogP contribution in [0, 0.1) is 0 Å². The zero-order valence-corrected chi connectivity index (χ0v) is 13.3. The lowest BCUT2D eigenvalue weighted by molar-refractivity contribution is 0.302. The maximum absolute atomic E-state index is 5.86. The van der Waals surface area contributed by atoms with Crippen molar-refractivity contribution in [3.63, 3.8) is 0 Å². The Morgan fingerprint density at radius 3 is 2.71 bits per heavy atom. The van der Waals surface area contributed by atoms with Crippen LogP contribution in [-0.2, 0) is 6.42 Å². The Hall–Kier alpha value is -1.36. The van der Waals surface area contributed by atoms with Crippen molar-refractivity contribution in [2.45, 2.75) is 31.4 Å². The lowest BCUT2D eigenvalue weighted by Crippen LogP contribution is -2.29. The standard InChI is InChI=1S/C17H19BrN2O/c18-16-7-2-1-4-12(16)11-17(20-19)13-5-3-6-15(10-13)21-14-8-9-14/h1-7,10,14,17,20H,8-9,11,19H2. The Bertz CT molecular complexity index is 613. The predicted molar refractivity (Wildman–Crippen MR) is 88.0 cm³/mol. The van der Waals surface area contributed by atoms with E-state index in [0.717, 1.165) is 22.2 Å². The van der Waals surface area contributed by atoms with Gasteiger partial charge in [0.25, 0.3) is 0 Å². The van der Waals surface area contributed by atoms with E-state index in [-0.39, 0.29) is 6.04 Å². The second kappa shape index (κ2) is 6.60. The second-order valence-corrected chi connectivity index (χ2v) is 6.26. The third kappa shape index (κ3) is 3.84. The average molecular weight is 347 g/mol. The van der Waals surface area contributed by atoms with Gasteiger partial charge in [-0.1, -0.05) is 46.3 Å². The fourth-order valence-corrected chi connectivity index (χ4v) is 2.79. The van der Waals surface area contributed by atoms with Gasteiger partial charge >= 0.3 is 0 Å². The van der Waals surface area contributed by atoms with Crippen LogP contribution in [0.25, 0.3) is 0 Å². The smallest absolute Gasteiger partial charge is 0.120 e. The van der Waals surface area contributed by atoms with Gasteiger partial charge in [0, 0.05) is 4.47 Å². The van der Waals surface area contributed by atoms with Gasteiger partial charge < -0.3 is 4.74 Å². The molecule has 110 valence electrons. The number of benzene rings is 2. The fourth-order valence-electron chi connectivity index (χ4n) is 2.34. The van der Waals surface area contributed by atoms with Crippen molar-refractivity contribution in [2.24, 2.45) is 5.84 Å². The molecule has 0 saturated heterocycles. The molecule has 2 aromatic rings. The van der Waals surface area contributed by atoms with Crippen molar-refractivity contribution < 1.29 is 4.74 Å². The van der Waals surface area contributed by atoms with Crippen LogP contribution in [-0.4, -0.2) is 6.10 Å². The van der Waals surface area contributed by atoms with Crippen LogP contribution in [0.4, 0.5) is 0 Å². The van der Waals surface area contributed by atoms with Crippen LogP contribution in [0.1, 0.15) is 30.0 Å². The van der Waals surface area contributed by atoms with Gasteiger partial charge in [0.15, 0.2) is 0 Å². The van der Waals surface area contributed by atoms with E-state index < -0.39 is 0 Å². The van der Waals surface area contributed by atoms with Gasteiger partial charge in [-0.2, -0.15) is 0 Å². The first-order valence-corrected chi connectivity index (χ1v) is 8.01. The summed E-state index contributed by atoms with van der Waals surface area (Å²) in [5.74, 6) is 6.69. The quantitative estimate of drug-likeness (QED) is 0.618. The molecule has 1 atom stereocenters. The molecule has 3 rings (SSSR count). The van der Waals surface area contributed by atoms with Gasteiger partial charge in [-0.15, -0.1) is 0 Å². The van der Waals surface area contributed by atoms with Crippen molar-refractivity contribution in [3.8, 4) is 5.75 Å². The van der Waals surface area contributed by atoms with E-state index in [9.17, 15) is 0 Å². The van der Waals surface area contributed by atoms with Gasteiger partial charge in [0.05, 0.1) is 12.1 Å². The van der Waals surface area contributed by atoms with E-state index in [1.54, 1.807) is 0 Å². The minimum Gasteiger partial charge on any atom is -0.490 e. The third-order valence-corrected chi connectivity index (χ3v) is 4.44. The first kappa shape index (κ1) is 14.6. The molecule has 1 saturated carbocycles. The number of hydrazine groups is 1. The highest BCUT2D eigenvalue weighted by Gasteiger charge is 2.23. The van der Waals surface area contributed by atoms with Crippen molar-refractivity contribution >= 4 is 15.9 Å². The van der Waals surface area contributed by atoms with Gasteiger partial charge in [-0.05, 0) is 48.6 Å². The first-order valence-electron chi connectivity index (χ1n) is 7.22. The Kier molecular flexibility index (Phi) is 4.58. The molecule has 3 N–H and O–H groups in total. The maximum atomic E-state index is 5.86. The SMILES string of the molecule is NNC(Cc1ccccc1Br)c1cccc(OC2CC2)c1. The summed E-state index contributed by atoms with van der Waals surface area (Å²) in [5.41, 5.74) is 5.29. The summed E-state index contributed by atoms with van der Waals surface area (Å²) in [6.45, 7) is 0. The number of nitrogens with one attached hydrogen (secondary N) is 1. The zero-order chi connectivity index (χ0) is 14.7. The van der Waals surface area contributed by atoms with E-state index >= 15 is 0 Å². The topological polar surface area (TPSA) is 47.3 Å². The van der Waals surface area contributed by atoms with Crippen molar-refractivity contribution in [1.82, 2.24) is 5.43 Å². The molecule has 0 radical (unpaired) electrons. The highest BCUT2D eigenvalue weighted by Crippen LogP contribution is 2.29. The zero-order valence-electron chi connectivity index (χ0n) is 11.8. The molecule has 0 spiro atoms. The third-order valence-electron chi connectivity index (χ3n) is 3.67. The summed E-state index contributed by atoms with van der Waals surface area (Å²) >= 11 is 3.59. The summed E-state index contributed by atoms with van der Waals surface area (Å²) in [7, 11) is 0. The van der Waals surface area contributed by atoms with Crippen molar-refractivity contribution in [2.75, 3.05) is 0 Å². The van der Waals surface area contributed by atoms with Gasteiger partial charge in [0.1, 0.15) is 5.75 Å². The van der Waals surface area contributed by atoms with Crippen LogP contribution in [0.15, 0.2) is 53.0 Å². The number of hydrogen-bond donors (Lipinski definition) is 2. The monoisotopic (exact) mass is 346 g/mol. The van der Waals surface area contributed by atoms with Crippen LogP contribution < -0.4 is 16.0 Å². The number of halogens is 1. The Balaban J connectivity index is 1.77. The highest BCUT2D eigenvalue weighted by molar-refractivity contribution is 9.10. The minimum atomic E-state index is 0.0615. The summed E-state index contributed by atoms with van der Waals surface area (Å²) in [5, 5.41) is 0. The molecule has 3 nitrogen and oxygen atoms in total. The summed E-state index contributed by atoms with van der Waals surface area (Å²) in [6, 6.07) is 16.5.